The van der Waals surface area contributed by atoms with E-state index >= 15 is 0 Å². The molecule has 0 aromatic heterocycles. The molecule has 1 unspecified atom stereocenters. The number of carbonyl (C=O) groups is 1. The summed E-state index contributed by atoms with van der Waals surface area (Å²) < 4.78 is 5.58. The molecule has 2 aromatic carbocycles. The standard InChI is InChI=1S/C17H15ClO2/c1-10-7-13(15(18)8-11(10)2)17(19)14-9-20-16-6-4-3-5-12(14)16/h3-8,14H,9H2,1-2H3. The number of fused-ring (bicyclic) bond motifs is 1. The van der Waals surface area contributed by atoms with Crippen molar-refractivity contribution in [3.05, 3.63) is 63.7 Å². The van der Waals surface area contributed by atoms with Gasteiger partial charge >= 0.3 is 0 Å². The van der Waals surface area contributed by atoms with E-state index in [1.54, 1.807) is 0 Å². The fourth-order valence-corrected chi connectivity index (χ4v) is 2.85. The maximum atomic E-state index is 12.7. The van der Waals surface area contributed by atoms with Crippen LogP contribution in [0, 0.1) is 13.8 Å². The fourth-order valence-electron chi connectivity index (χ4n) is 2.54. The van der Waals surface area contributed by atoms with Crippen LogP contribution < -0.4 is 4.74 Å². The van der Waals surface area contributed by atoms with Crippen LogP contribution in [-0.4, -0.2) is 12.4 Å². The van der Waals surface area contributed by atoms with Crippen LogP contribution in [0.3, 0.4) is 0 Å². The number of benzene rings is 2. The second-order valence-corrected chi connectivity index (χ2v) is 5.59. The first-order chi connectivity index (χ1) is 9.58. The Balaban J connectivity index is 2.01. The molecule has 20 heavy (non-hydrogen) atoms. The third-order valence-electron chi connectivity index (χ3n) is 3.87. The van der Waals surface area contributed by atoms with Crippen molar-refractivity contribution in [2.24, 2.45) is 0 Å². The highest BCUT2D eigenvalue weighted by Crippen LogP contribution is 2.37. The zero-order valence-corrected chi connectivity index (χ0v) is 12.2. The Morgan fingerprint density at radius 3 is 2.70 bits per heavy atom. The van der Waals surface area contributed by atoms with Crippen LogP contribution in [0.1, 0.15) is 33.0 Å². The van der Waals surface area contributed by atoms with E-state index in [1.807, 2.05) is 50.2 Å². The van der Waals surface area contributed by atoms with Crippen molar-refractivity contribution < 1.29 is 9.53 Å². The molecule has 3 rings (SSSR count). The van der Waals surface area contributed by atoms with Crippen molar-refractivity contribution in [3.8, 4) is 5.75 Å². The van der Waals surface area contributed by atoms with E-state index in [0.29, 0.717) is 17.2 Å². The molecule has 0 amide bonds. The van der Waals surface area contributed by atoms with Gasteiger partial charge in [-0.25, -0.2) is 0 Å². The first-order valence-electron chi connectivity index (χ1n) is 6.60. The molecule has 2 aromatic rings. The van der Waals surface area contributed by atoms with Gasteiger partial charge in [-0.2, -0.15) is 0 Å². The number of para-hydroxylation sites is 1. The quantitative estimate of drug-likeness (QED) is 0.769. The summed E-state index contributed by atoms with van der Waals surface area (Å²) in [5, 5.41) is 0.516. The van der Waals surface area contributed by atoms with Crippen LogP contribution in [0.4, 0.5) is 0 Å². The Hall–Kier alpha value is -1.80. The number of ketones is 1. The van der Waals surface area contributed by atoms with E-state index in [-0.39, 0.29) is 11.7 Å². The summed E-state index contributed by atoms with van der Waals surface area (Å²) in [7, 11) is 0. The van der Waals surface area contributed by atoms with Crippen molar-refractivity contribution in [2.45, 2.75) is 19.8 Å². The number of hydrogen-bond donors (Lipinski definition) is 0. The van der Waals surface area contributed by atoms with E-state index in [0.717, 1.165) is 22.4 Å². The molecular formula is C17H15ClO2. The van der Waals surface area contributed by atoms with Gasteiger partial charge in [0, 0.05) is 11.1 Å². The maximum Gasteiger partial charge on any atom is 0.175 e. The van der Waals surface area contributed by atoms with Crippen LogP contribution in [0.15, 0.2) is 36.4 Å². The van der Waals surface area contributed by atoms with Crippen LogP contribution in [-0.2, 0) is 0 Å². The average Bonchev–Trinajstić information content (AvgIpc) is 2.86. The minimum Gasteiger partial charge on any atom is -0.492 e. The molecule has 0 bridgehead atoms. The van der Waals surface area contributed by atoms with E-state index in [2.05, 4.69) is 0 Å². The molecular weight excluding hydrogens is 272 g/mol. The minimum absolute atomic E-state index is 0.0306. The number of hydrogen-bond acceptors (Lipinski definition) is 2. The number of carbonyl (C=O) groups excluding carboxylic acids is 1. The number of ether oxygens (including phenoxy) is 1. The summed E-state index contributed by atoms with van der Waals surface area (Å²) in [6, 6.07) is 11.4. The van der Waals surface area contributed by atoms with Gasteiger partial charge < -0.3 is 4.74 Å². The summed E-state index contributed by atoms with van der Waals surface area (Å²) in [4.78, 5) is 12.7. The Labute approximate surface area is 123 Å². The van der Waals surface area contributed by atoms with Gasteiger partial charge in [0.15, 0.2) is 5.78 Å². The number of rotatable bonds is 2. The van der Waals surface area contributed by atoms with Crippen molar-refractivity contribution >= 4 is 17.4 Å². The lowest BCUT2D eigenvalue weighted by Crippen LogP contribution is -2.15. The lowest BCUT2D eigenvalue weighted by atomic mass is 9.91. The van der Waals surface area contributed by atoms with Gasteiger partial charge in [-0.05, 0) is 43.2 Å². The highest BCUT2D eigenvalue weighted by atomic mass is 35.5. The molecule has 0 saturated carbocycles. The van der Waals surface area contributed by atoms with E-state index < -0.39 is 0 Å². The molecule has 3 heteroatoms. The summed E-state index contributed by atoms with van der Waals surface area (Å²) in [5.41, 5.74) is 3.70. The first kappa shape index (κ1) is 13.2. The van der Waals surface area contributed by atoms with E-state index in [4.69, 9.17) is 16.3 Å². The van der Waals surface area contributed by atoms with Crippen molar-refractivity contribution in [2.75, 3.05) is 6.61 Å². The molecule has 1 aliphatic rings. The van der Waals surface area contributed by atoms with Crippen molar-refractivity contribution in [1.29, 1.82) is 0 Å². The van der Waals surface area contributed by atoms with Gasteiger partial charge in [-0.3, -0.25) is 4.79 Å². The highest BCUT2D eigenvalue weighted by Gasteiger charge is 2.31. The molecule has 1 atom stereocenters. The Morgan fingerprint density at radius 2 is 1.90 bits per heavy atom. The predicted octanol–water partition coefficient (Wildman–Crippen LogP) is 4.32. The largest absolute Gasteiger partial charge is 0.492 e. The Kier molecular flexibility index (Phi) is 3.27. The second kappa shape index (κ2) is 4.95. The zero-order valence-electron chi connectivity index (χ0n) is 11.4. The third-order valence-corrected chi connectivity index (χ3v) is 4.18. The number of halogens is 1. The lowest BCUT2D eigenvalue weighted by Gasteiger charge is -2.11. The summed E-state index contributed by atoms with van der Waals surface area (Å²) >= 11 is 6.24. The average molecular weight is 287 g/mol. The molecule has 0 aliphatic carbocycles. The van der Waals surface area contributed by atoms with Gasteiger partial charge in [0.25, 0.3) is 0 Å². The van der Waals surface area contributed by atoms with Crippen molar-refractivity contribution in [3.63, 3.8) is 0 Å². The Bertz CT molecular complexity index is 691. The van der Waals surface area contributed by atoms with E-state index in [1.165, 1.54) is 0 Å². The molecule has 0 fully saturated rings. The van der Waals surface area contributed by atoms with Gasteiger partial charge in [0.1, 0.15) is 12.4 Å². The minimum atomic E-state index is -0.259. The topological polar surface area (TPSA) is 26.3 Å². The van der Waals surface area contributed by atoms with Crippen LogP contribution in [0.2, 0.25) is 5.02 Å². The highest BCUT2D eigenvalue weighted by molar-refractivity contribution is 6.34. The molecule has 0 N–H and O–H groups in total. The molecule has 1 aliphatic heterocycles. The zero-order chi connectivity index (χ0) is 14.3. The monoisotopic (exact) mass is 286 g/mol. The smallest absolute Gasteiger partial charge is 0.175 e. The summed E-state index contributed by atoms with van der Waals surface area (Å²) in [6.45, 7) is 4.37. The van der Waals surface area contributed by atoms with E-state index in [9.17, 15) is 4.79 Å². The van der Waals surface area contributed by atoms with Crippen LogP contribution in [0.5, 0.6) is 5.75 Å². The molecule has 0 radical (unpaired) electrons. The number of Topliss-reactive ketones (excluding diaryl/α,β-unsaturated/α-hetero) is 1. The van der Waals surface area contributed by atoms with Gasteiger partial charge in [-0.15, -0.1) is 0 Å². The lowest BCUT2D eigenvalue weighted by molar-refractivity contribution is 0.0947. The normalized spacial score (nSPS) is 16.6. The van der Waals surface area contributed by atoms with Gasteiger partial charge in [0.05, 0.1) is 10.9 Å². The predicted molar refractivity (Wildman–Crippen MR) is 79.9 cm³/mol. The molecule has 1 heterocycles. The third kappa shape index (κ3) is 2.10. The first-order valence-corrected chi connectivity index (χ1v) is 6.98. The second-order valence-electron chi connectivity index (χ2n) is 5.18. The van der Waals surface area contributed by atoms with Crippen molar-refractivity contribution in [1.82, 2.24) is 0 Å². The molecule has 0 spiro atoms. The summed E-state index contributed by atoms with van der Waals surface area (Å²) in [6.07, 6.45) is 0. The molecule has 102 valence electrons. The molecule has 2 nitrogen and oxygen atoms in total. The van der Waals surface area contributed by atoms with Gasteiger partial charge in [-0.1, -0.05) is 29.8 Å². The Morgan fingerprint density at radius 1 is 1.20 bits per heavy atom. The van der Waals surface area contributed by atoms with Crippen LogP contribution >= 0.6 is 11.6 Å². The fraction of sp³-hybridized carbons (Fsp3) is 0.235. The van der Waals surface area contributed by atoms with Gasteiger partial charge in [0.2, 0.25) is 0 Å². The SMILES string of the molecule is Cc1cc(Cl)c(C(=O)C2COc3ccccc32)cc1C. The molecule has 0 saturated heterocycles. The van der Waals surface area contributed by atoms with Crippen LogP contribution in [0.25, 0.3) is 0 Å². The maximum absolute atomic E-state index is 12.7. The number of aryl methyl sites for hydroxylation is 2. The summed E-state index contributed by atoms with van der Waals surface area (Å²) in [5.74, 6) is 0.569.